The van der Waals surface area contributed by atoms with Crippen LogP contribution in [0.1, 0.15) is 39.5 Å². The molecule has 4 nitrogen and oxygen atoms in total. The SMILES string of the molecule is CC(C)CC(CN)NC(=O)CCC1CCOC1. The van der Waals surface area contributed by atoms with Crippen LogP contribution in [0.5, 0.6) is 0 Å². The number of amides is 1. The zero-order valence-corrected chi connectivity index (χ0v) is 11.1. The summed E-state index contributed by atoms with van der Waals surface area (Å²) in [5, 5.41) is 3.02. The minimum atomic E-state index is 0.127. The molecule has 17 heavy (non-hydrogen) atoms. The average Bonchev–Trinajstić information content (AvgIpc) is 2.77. The lowest BCUT2D eigenvalue weighted by atomic mass is 10.0. The lowest BCUT2D eigenvalue weighted by Gasteiger charge is -2.19. The van der Waals surface area contributed by atoms with Crippen LogP contribution < -0.4 is 11.1 Å². The zero-order valence-electron chi connectivity index (χ0n) is 11.1. The molecule has 1 aliphatic heterocycles. The monoisotopic (exact) mass is 242 g/mol. The summed E-state index contributed by atoms with van der Waals surface area (Å²) in [4.78, 5) is 11.7. The second-order valence-electron chi connectivity index (χ2n) is 5.40. The fraction of sp³-hybridized carbons (Fsp3) is 0.923. The van der Waals surface area contributed by atoms with Crippen molar-refractivity contribution >= 4 is 5.91 Å². The standard InChI is InChI=1S/C13H26N2O2/c1-10(2)7-12(8-14)15-13(16)4-3-11-5-6-17-9-11/h10-12H,3-9,14H2,1-2H3,(H,15,16). The minimum Gasteiger partial charge on any atom is -0.381 e. The predicted octanol–water partition coefficient (Wildman–Crippen LogP) is 1.29. The van der Waals surface area contributed by atoms with Crippen molar-refractivity contribution in [2.45, 2.75) is 45.6 Å². The summed E-state index contributed by atoms with van der Waals surface area (Å²) in [7, 11) is 0. The third-order valence-corrected chi connectivity index (χ3v) is 3.21. The number of rotatable bonds is 7. The van der Waals surface area contributed by atoms with Crippen molar-refractivity contribution in [3.05, 3.63) is 0 Å². The highest BCUT2D eigenvalue weighted by Crippen LogP contribution is 2.17. The Kier molecular flexibility index (Phi) is 6.52. The van der Waals surface area contributed by atoms with Crippen LogP contribution in [0, 0.1) is 11.8 Å². The Balaban J connectivity index is 2.17. The van der Waals surface area contributed by atoms with E-state index >= 15 is 0 Å². The number of carbonyl (C=O) groups is 1. The van der Waals surface area contributed by atoms with Gasteiger partial charge in [0.15, 0.2) is 0 Å². The first-order chi connectivity index (χ1) is 8.11. The predicted molar refractivity (Wildman–Crippen MR) is 68.6 cm³/mol. The summed E-state index contributed by atoms with van der Waals surface area (Å²) in [5.74, 6) is 1.27. The Morgan fingerprint density at radius 3 is 2.82 bits per heavy atom. The Bertz CT molecular complexity index is 225. The van der Waals surface area contributed by atoms with E-state index in [1.165, 1.54) is 0 Å². The number of carbonyl (C=O) groups excluding carboxylic acids is 1. The summed E-state index contributed by atoms with van der Waals surface area (Å²) in [6, 6.07) is 0.127. The normalized spacial score (nSPS) is 21.8. The summed E-state index contributed by atoms with van der Waals surface area (Å²) < 4.78 is 5.29. The molecule has 3 N–H and O–H groups in total. The Labute approximate surface area is 104 Å². The first-order valence-corrected chi connectivity index (χ1v) is 6.69. The van der Waals surface area contributed by atoms with Gasteiger partial charge in [-0.2, -0.15) is 0 Å². The highest BCUT2D eigenvalue weighted by molar-refractivity contribution is 5.76. The lowest BCUT2D eigenvalue weighted by molar-refractivity contribution is -0.122. The van der Waals surface area contributed by atoms with E-state index in [4.69, 9.17) is 10.5 Å². The van der Waals surface area contributed by atoms with Gasteiger partial charge in [0, 0.05) is 32.2 Å². The van der Waals surface area contributed by atoms with Gasteiger partial charge in [0.2, 0.25) is 5.91 Å². The number of nitrogens with two attached hydrogens (primary N) is 1. The molecule has 1 rings (SSSR count). The van der Waals surface area contributed by atoms with Crippen molar-refractivity contribution in [3.8, 4) is 0 Å². The van der Waals surface area contributed by atoms with Gasteiger partial charge in [0.1, 0.15) is 0 Å². The van der Waals surface area contributed by atoms with Gasteiger partial charge in [-0.05, 0) is 31.1 Å². The van der Waals surface area contributed by atoms with Crippen molar-refractivity contribution in [1.29, 1.82) is 0 Å². The van der Waals surface area contributed by atoms with Gasteiger partial charge in [-0.15, -0.1) is 0 Å². The Morgan fingerprint density at radius 1 is 1.53 bits per heavy atom. The highest BCUT2D eigenvalue weighted by Gasteiger charge is 2.18. The van der Waals surface area contributed by atoms with Gasteiger partial charge in [-0.25, -0.2) is 0 Å². The van der Waals surface area contributed by atoms with E-state index in [0.29, 0.717) is 24.8 Å². The molecule has 0 aliphatic carbocycles. The molecular weight excluding hydrogens is 216 g/mol. The molecule has 2 atom stereocenters. The molecule has 1 amide bonds. The third-order valence-electron chi connectivity index (χ3n) is 3.21. The van der Waals surface area contributed by atoms with Crippen LogP contribution >= 0.6 is 0 Å². The number of hydrogen-bond acceptors (Lipinski definition) is 3. The number of hydrogen-bond donors (Lipinski definition) is 2. The van der Waals surface area contributed by atoms with Gasteiger partial charge in [0.05, 0.1) is 0 Å². The molecule has 0 radical (unpaired) electrons. The molecule has 1 fully saturated rings. The maximum Gasteiger partial charge on any atom is 0.220 e. The first kappa shape index (κ1) is 14.5. The van der Waals surface area contributed by atoms with Gasteiger partial charge in [-0.3, -0.25) is 4.79 Å². The fourth-order valence-corrected chi connectivity index (χ4v) is 2.23. The smallest absolute Gasteiger partial charge is 0.220 e. The van der Waals surface area contributed by atoms with E-state index in [1.54, 1.807) is 0 Å². The third kappa shape index (κ3) is 6.03. The molecule has 0 spiro atoms. The van der Waals surface area contributed by atoms with E-state index in [0.717, 1.165) is 32.5 Å². The van der Waals surface area contributed by atoms with Crippen LogP contribution in [0.15, 0.2) is 0 Å². The van der Waals surface area contributed by atoms with Crippen molar-refractivity contribution in [2.24, 2.45) is 17.6 Å². The second-order valence-corrected chi connectivity index (χ2v) is 5.40. The van der Waals surface area contributed by atoms with Gasteiger partial charge in [0.25, 0.3) is 0 Å². The Morgan fingerprint density at radius 2 is 2.29 bits per heavy atom. The summed E-state index contributed by atoms with van der Waals surface area (Å²) in [5.41, 5.74) is 5.65. The van der Waals surface area contributed by atoms with Crippen LogP contribution in [-0.4, -0.2) is 31.7 Å². The molecule has 2 unspecified atom stereocenters. The maximum absolute atomic E-state index is 11.7. The number of ether oxygens (including phenoxy) is 1. The molecule has 4 heteroatoms. The molecule has 0 aromatic carbocycles. The molecule has 0 bridgehead atoms. The quantitative estimate of drug-likeness (QED) is 0.707. The largest absolute Gasteiger partial charge is 0.381 e. The van der Waals surface area contributed by atoms with E-state index in [9.17, 15) is 4.79 Å². The van der Waals surface area contributed by atoms with Crippen LogP contribution in [0.4, 0.5) is 0 Å². The summed E-state index contributed by atoms with van der Waals surface area (Å²) >= 11 is 0. The molecule has 0 saturated carbocycles. The highest BCUT2D eigenvalue weighted by atomic mass is 16.5. The first-order valence-electron chi connectivity index (χ1n) is 6.69. The molecule has 0 aromatic heterocycles. The lowest BCUT2D eigenvalue weighted by Crippen LogP contribution is -2.41. The summed E-state index contributed by atoms with van der Waals surface area (Å²) in [6.07, 6.45) is 3.59. The van der Waals surface area contributed by atoms with E-state index < -0.39 is 0 Å². The van der Waals surface area contributed by atoms with Gasteiger partial charge in [-0.1, -0.05) is 13.8 Å². The maximum atomic E-state index is 11.7. The minimum absolute atomic E-state index is 0.127. The Hall–Kier alpha value is -0.610. The van der Waals surface area contributed by atoms with E-state index in [2.05, 4.69) is 19.2 Å². The zero-order chi connectivity index (χ0) is 12.7. The molecular formula is C13H26N2O2. The van der Waals surface area contributed by atoms with Crippen LogP contribution in [0.3, 0.4) is 0 Å². The van der Waals surface area contributed by atoms with E-state index in [1.807, 2.05) is 0 Å². The van der Waals surface area contributed by atoms with Crippen LogP contribution in [-0.2, 0) is 9.53 Å². The molecule has 0 aromatic rings. The number of nitrogens with one attached hydrogen (secondary N) is 1. The average molecular weight is 242 g/mol. The fourth-order valence-electron chi connectivity index (χ4n) is 2.23. The van der Waals surface area contributed by atoms with Gasteiger partial charge < -0.3 is 15.8 Å². The van der Waals surface area contributed by atoms with Crippen LogP contribution in [0.25, 0.3) is 0 Å². The van der Waals surface area contributed by atoms with Crippen molar-refractivity contribution < 1.29 is 9.53 Å². The van der Waals surface area contributed by atoms with Crippen molar-refractivity contribution in [3.63, 3.8) is 0 Å². The molecule has 1 saturated heterocycles. The van der Waals surface area contributed by atoms with Crippen molar-refractivity contribution in [2.75, 3.05) is 19.8 Å². The van der Waals surface area contributed by atoms with Crippen LogP contribution in [0.2, 0.25) is 0 Å². The van der Waals surface area contributed by atoms with Gasteiger partial charge >= 0.3 is 0 Å². The summed E-state index contributed by atoms with van der Waals surface area (Å²) in [6.45, 7) is 6.48. The molecule has 1 heterocycles. The molecule has 100 valence electrons. The topological polar surface area (TPSA) is 64.3 Å². The van der Waals surface area contributed by atoms with E-state index in [-0.39, 0.29) is 11.9 Å². The molecule has 1 aliphatic rings. The second kappa shape index (κ2) is 7.67. The van der Waals surface area contributed by atoms with Crippen molar-refractivity contribution in [1.82, 2.24) is 5.32 Å².